The third-order valence-corrected chi connectivity index (χ3v) is 6.38. The number of carbonyl (C=O) groups is 1. The van der Waals surface area contributed by atoms with E-state index in [0.717, 1.165) is 9.87 Å². The van der Waals surface area contributed by atoms with Crippen molar-refractivity contribution in [3.63, 3.8) is 0 Å². The van der Waals surface area contributed by atoms with Gasteiger partial charge in [0.15, 0.2) is 0 Å². The number of carbonyl (C=O) groups excluding carboxylic acids is 1. The number of nitrogens with one attached hydrogen (secondary N) is 1. The van der Waals surface area contributed by atoms with Crippen LogP contribution in [0.3, 0.4) is 0 Å². The first-order valence-corrected chi connectivity index (χ1v) is 11.0. The lowest BCUT2D eigenvalue weighted by Crippen LogP contribution is -2.38. The Morgan fingerprint density at radius 3 is 2.32 bits per heavy atom. The Bertz CT molecular complexity index is 1160. The fourth-order valence-corrected chi connectivity index (χ4v) is 4.47. The highest BCUT2D eigenvalue weighted by Gasteiger charge is 2.27. The van der Waals surface area contributed by atoms with Gasteiger partial charge < -0.3 is 14.8 Å². The van der Waals surface area contributed by atoms with Crippen molar-refractivity contribution in [3.05, 3.63) is 78.4 Å². The molecule has 0 radical (unpaired) electrons. The van der Waals surface area contributed by atoms with Gasteiger partial charge in [0.05, 0.1) is 30.5 Å². The third-order valence-electron chi connectivity index (χ3n) is 4.59. The molecule has 0 fully saturated rings. The predicted molar refractivity (Wildman–Crippen MR) is 120 cm³/mol. The summed E-state index contributed by atoms with van der Waals surface area (Å²) in [7, 11) is -0.959. The monoisotopic (exact) mass is 440 g/mol. The number of anilines is 2. The largest absolute Gasteiger partial charge is 0.497 e. The maximum Gasteiger partial charge on any atom is 0.264 e. The highest BCUT2D eigenvalue weighted by molar-refractivity contribution is 7.92. The quantitative estimate of drug-likeness (QED) is 0.575. The molecule has 0 atom stereocenters. The summed E-state index contributed by atoms with van der Waals surface area (Å²) in [6.45, 7) is 1.45. The summed E-state index contributed by atoms with van der Waals surface area (Å²) in [4.78, 5) is 13.0. The molecule has 0 bridgehead atoms. The summed E-state index contributed by atoms with van der Waals surface area (Å²) in [6.07, 6.45) is 0. The second-order valence-corrected chi connectivity index (χ2v) is 8.64. The fourth-order valence-electron chi connectivity index (χ4n) is 3.04. The number of rotatable bonds is 8. The summed E-state index contributed by atoms with van der Waals surface area (Å²) in [5.74, 6) is 0.466. The van der Waals surface area contributed by atoms with E-state index in [4.69, 9.17) is 9.47 Å². The molecule has 8 heteroatoms. The molecule has 3 rings (SSSR count). The Hall–Kier alpha value is -3.52. The van der Waals surface area contributed by atoms with Crippen LogP contribution in [-0.4, -0.2) is 35.1 Å². The summed E-state index contributed by atoms with van der Waals surface area (Å²) >= 11 is 0. The van der Waals surface area contributed by atoms with Gasteiger partial charge >= 0.3 is 0 Å². The van der Waals surface area contributed by atoms with Crippen LogP contribution in [-0.2, 0) is 14.8 Å². The summed E-state index contributed by atoms with van der Waals surface area (Å²) in [5.41, 5.74) is 1.69. The molecule has 7 nitrogen and oxygen atoms in total. The van der Waals surface area contributed by atoms with Gasteiger partial charge in [-0.05, 0) is 48.9 Å². The minimum Gasteiger partial charge on any atom is -0.497 e. The molecule has 3 aromatic rings. The van der Waals surface area contributed by atoms with E-state index in [1.165, 1.54) is 26.4 Å². The Kier molecular flexibility index (Phi) is 6.81. The van der Waals surface area contributed by atoms with E-state index in [9.17, 15) is 13.2 Å². The zero-order valence-corrected chi connectivity index (χ0v) is 18.3. The van der Waals surface area contributed by atoms with E-state index in [0.29, 0.717) is 22.9 Å². The molecule has 3 aromatic carbocycles. The van der Waals surface area contributed by atoms with Crippen LogP contribution in [0.4, 0.5) is 11.4 Å². The number of methoxy groups -OCH3 is 2. The Morgan fingerprint density at radius 2 is 1.68 bits per heavy atom. The van der Waals surface area contributed by atoms with Crippen LogP contribution in [0.25, 0.3) is 0 Å². The molecule has 31 heavy (non-hydrogen) atoms. The zero-order chi connectivity index (χ0) is 22.4. The van der Waals surface area contributed by atoms with Gasteiger partial charge in [0.2, 0.25) is 5.91 Å². The van der Waals surface area contributed by atoms with Crippen molar-refractivity contribution in [2.24, 2.45) is 0 Å². The molecule has 0 aliphatic rings. The molecule has 0 aliphatic heterocycles. The lowest BCUT2D eigenvalue weighted by molar-refractivity contribution is -0.114. The number of aryl methyl sites for hydroxylation is 1. The van der Waals surface area contributed by atoms with Crippen LogP contribution in [0.1, 0.15) is 5.56 Å². The van der Waals surface area contributed by atoms with Gasteiger partial charge in [-0.15, -0.1) is 0 Å². The van der Waals surface area contributed by atoms with E-state index in [-0.39, 0.29) is 4.90 Å². The fraction of sp³-hybridized carbons (Fsp3) is 0.174. The maximum absolute atomic E-state index is 13.3. The molecule has 0 saturated carbocycles. The van der Waals surface area contributed by atoms with E-state index in [2.05, 4.69) is 5.32 Å². The first-order chi connectivity index (χ1) is 14.8. The third kappa shape index (κ3) is 5.16. The van der Waals surface area contributed by atoms with E-state index in [1.807, 2.05) is 13.0 Å². The maximum atomic E-state index is 13.3. The highest BCUT2D eigenvalue weighted by atomic mass is 32.2. The lowest BCUT2D eigenvalue weighted by Gasteiger charge is -2.24. The second-order valence-electron chi connectivity index (χ2n) is 6.78. The zero-order valence-electron chi connectivity index (χ0n) is 17.5. The van der Waals surface area contributed by atoms with Crippen molar-refractivity contribution < 1.29 is 22.7 Å². The average molecular weight is 441 g/mol. The highest BCUT2D eigenvalue weighted by Crippen LogP contribution is 2.30. The van der Waals surface area contributed by atoms with Crippen molar-refractivity contribution in [1.82, 2.24) is 0 Å². The predicted octanol–water partition coefficient (Wildman–Crippen LogP) is 3.85. The molecule has 0 unspecified atom stereocenters. The number of benzene rings is 3. The molecule has 162 valence electrons. The number of ether oxygens (including phenoxy) is 2. The van der Waals surface area contributed by atoms with E-state index < -0.39 is 22.5 Å². The van der Waals surface area contributed by atoms with Crippen molar-refractivity contribution >= 4 is 27.3 Å². The number of amides is 1. The summed E-state index contributed by atoms with van der Waals surface area (Å²) in [6, 6.07) is 20.0. The second kappa shape index (κ2) is 9.53. The Balaban J connectivity index is 1.93. The van der Waals surface area contributed by atoms with Crippen LogP contribution >= 0.6 is 0 Å². The first-order valence-electron chi connectivity index (χ1n) is 9.51. The van der Waals surface area contributed by atoms with Gasteiger partial charge in [-0.3, -0.25) is 9.10 Å². The molecule has 0 heterocycles. The number of hydrogen-bond acceptors (Lipinski definition) is 5. The molecular formula is C23H24N2O5S. The topological polar surface area (TPSA) is 84.9 Å². The summed E-state index contributed by atoms with van der Waals surface area (Å²) in [5, 5.41) is 2.73. The van der Waals surface area contributed by atoms with Crippen molar-refractivity contribution in [2.45, 2.75) is 11.8 Å². The van der Waals surface area contributed by atoms with Crippen LogP contribution in [0.5, 0.6) is 11.5 Å². The van der Waals surface area contributed by atoms with Gasteiger partial charge in [0.1, 0.15) is 18.0 Å². The van der Waals surface area contributed by atoms with Gasteiger partial charge in [0, 0.05) is 6.07 Å². The first kappa shape index (κ1) is 22.2. The van der Waals surface area contributed by atoms with E-state index >= 15 is 0 Å². The average Bonchev–Trinajstić information content (AvgIpc) is 2.78. The number of hydrogen-bond donors (Lipinski definition) is 1. The number of nitrogens with zero attached hydrogens (tertiary/aromatic N) is 1. The minimum absolute atomic E-state index is 0.103. The van der Waals surface area contributed by atoms with E-state index in [1.54, 1.807) is 54.6 Å². The molecular weight excluding hydrogens is 416 g/mol. The molecule has 0 spiro atoms. The van der Waals surface area contributed by atoms with Gasteiger partial charge in [-0.25, -0.2) is 8.42 Å². The normalized spacial score (nSPS) is 10.9. The van der Waals surface area contributed by atoms with Crippen molar-refractivity contribution in [1.29, 1.82) is 0 Å². The lowest BCUT2D eigenvalue weighted by atomic mass is 10.2. The molecule has 0 aromatic heterocycles. The van der Waals surface area contributed by atoms with Gasteiger partial charge in [0.25, 0.3) is 10.0 Å². The standard InChI is InChI=1S/C23H24N2O5S/c1-17-8-7-9-18(14-17)25(31(27,28)20-10-5-4-6-11-20)16-23(26)24-21-13-12-19(29-2)15-22(21)30-3/h4-15H,16H2,1-3H3,(H,24,26). The molecule has 1 N–H and O–H groups in total. The minimum atomic E-state index is -3.96. The molecule has 1 amide bonds. The number of sulfonamides is 1. The van der Waals surface area contributed by atoms with Crippen LogP contribution < -0.4 is 19.1 Å². The van der Waals surface area contributed by atoms with Gasteiger partial charge in [-0.2, -0.15) is 0 Å². The Morgan fingerprint density at radius 1 is 0.935 bits per heavy atom. The molecule has 0 aliphatic carbocycles. The van der Waals surface area contributed by atoms with Gasteiger partial charge in [-0.1, -0.05) is 30.3 Å². The van der Waals surface area contributed by atoms with Crippen molar-refractivity contribution in [3.8, 4) is 11.5 Å². The Labute approximate surface area is 182 Å². The van der Waals surface area contributed by atoms with Crippen molar-refractivity contribution in [2.75, 3.05) is 30.4 Å². The molecule has 0 saturated heterocycles. The van der Waals surface area contributed by atoms with Crippen LogP contribution in [0.15, 0.2) is 77.7 Å². The smallest absolute Gasteiger partial charge is 0.264 e. The summed E-state index contributed by atoms with van der Waals surface area (Å²) < 4.78 is 38.3. The SMILES string of the molecule is COc1ccc(NC(=O)CN(c2cccc(C)c2)S(=O)(=O)c2ccccc2)c(OC)c1. The van der Waals surface area contributed by atoms with Crippen LogP contribution in [0, 0.1) is 6.92 Å². The van der Waals surface area contributed by atoms with Crippen LogP contribution in [0.2, 0.25) is 0 Å².